The van der Waals surface area contributed by atoms with E-state index >= 15 is 0 Å². The average Bonchev–Trinajstić information content (AvgIpc) is 2.65. The van der Waals surface area contributed by atoms with Gasteiger partial charge in [-0.1, -0.05) is 48.4 Å². The second-order valence-electron chi connectivity index (χ2n) is 5.90. The first-order chi connectivity index (χ1) is 12.5. The molecular formula is C22H22N2O2. The molecule has 0 fully saturated rings. The fraction of sp³-hybridized carbons (Fsp3) is 0.182. The van der Waals surface area contributed by atoms with Crippen molar-refractivity contribution in [2.45, 2.75) is 13.8 Å². The molecule has 4 nitrogen and oxygen atoms in total. The van der Waals surface area contributed by atoms with E-state index in [0.717, 1.165) is 16.3 Å². The van der Waals surface area contributed by atoms with Crippen LogP contribution in [0.3, 0.4) is 0 Å². The molecule has 2 aromatic carbocycles. The van der Waals surface area contributed by atoms with Crippen LogP contribution in [0.2, 0.25) is 0 Å². The summed E-state index contributed by atoms with van der Waals surface area (Å²) in [5, 5.41) is 7.63. The van der Waals surface area contributed by atoms with Crippen molar-refractivity contribution in [1.29, 1.82) is 0 Å². The Morgan fingerprint density at radius 1 is 1.12 bits per heavy atom. The van der Waals surface area contributed by atoms with Crippen LogP contribution in [-0.4, -0.2) is 25.3 Å². The normalized spacial score (nSPS) is 12.2. The summed E-state index contributed by atoms with van der Waals surface area (Å²) in [5.41, 5.74) is 2.63. The first-order valence-electron chi connectivity index (χ1n) is 8.30. The fourth-order valence-corrected chi connectivity index (χ4v) is 2.71. The predicted octanol–water partition coefficient (Wildman–Crippen LogP) is 3.06. The Balaban J connectivity index is 2.41. The number of allylic oxidation sites excluding steroid dienone is 2. The van der Waals surface area contributed by atoms with Crippen molar-refractivity contribution in [2.75, 3.05) is 13.6 Å². The van der Waals surface area contributed by atoms with Gasteiger partial charge in [-0.3, -0.25) is 9.59 Å². The van der Waals surface area contributed by atoms with Crippen LogP contribution in [0.25, 0.3) is 16.8 Å². The van der Waals surface area contributed by atoms with E-state index in [1.807, 2.05) is 55.5 Å². The summed E-state index contributed by atoms with van der Waals surface area (Å²) in [6.45, 7) is 3.60. The second-order valence-corrected chi connectivity index (χ2v) is 5.90. The number of terminal acetylenes is 1. The lowest BCUT2D eigenvalue weighted by Gasteiger charge is -2.12. The van der Waals surface area contributed by atoms with Gasteiger partial charge < -0.3 is 10.6 Å². The van der Waals surface area contributed by atoms with Crippen molar-refractivity contribution in [3.8, 4) is 12.3 Å². The first-order valence-corrected chi connectivity index (χ1v) is 8.30. The van der Waals surface area contributed by atoms with Crippen LogP contribution < -0.4 is 10.6 Å². The standard InChI is InChI=1S/C22H22N2O2/c1-5-12-24-22(26)21(25)20(16(3)23-4)15(2)13-17-10-11-18-8-6-7-9-19(18)14-17/h1,6-11,13-14,23H,12H2,2-4H3,(H,24,26)/b15-13+,20-16+. The first kappa shape index (κ1) is 19.0. The molecule has 1 amide bonds. The molecule has 26 heavy (non-hydrogen) atoms. The maximum atomic E-state index is 12.6. The van der Waals surface area contributed by atoms with Crippen molar-refractivity contribution >= 4 is 28.5 Å². The summed E-state index contributed by atoms with van der Waals surface area (Å²) in [6.07, 6.45) is 7.03. The highest BCUT2D eigenvalue weighted by atomic mass is 16.2. The third-order valence-corrected chi connectivity index (χ3v) is 4.09. The van der Waals surface area contributed by atoms with E-state index in [4.69, 9.17) is 6.42 Å². The molecule has 0 aliphatic carbocycles. The molecule has 0 aliphatic heterocycles. The molecule has 0 heterocycles. The smallest absolute Gasteiger partial charge is 0.293 e. The van der Waals surface area contributed by atoms with Crippen LogP contribution in [0, 0.1) is 12.3 Å². The van der Waals surface area contributed by atoms with Gasteiger partial charge in [0, 0.05) is 18.3 Å². The van der Waals surface area contributed by atoms with Crippen molar-refractivity contribution in [2.24, 2.45) is 0 Å². The van der Waals surface area contributed by atoms with Crippen molar-refractivity contribution in [3.05, 3.63) is 64.9 Å². The van der Waals surface area contributed by atoms with Crippen molar-refractivity contribution in [1.82, 2.24) is 10.6 Å². The largest absolute Gasteiger partial charge is 0.391 e. The van der Waals surface area contributed by atoms with Crippen LogP contribution >= 0.6 is 0 Å². The van der Waals surface area contributed by atoms with Crippen LogP contribution in [0.15, 0.2) is 59.3 Å². The van der Waals surface area contributed by atoms with E-state index in [9.17, 15) is 9.59 Å². The molecule has 2 aromatic rings. The summed E-state index contributed by atoms with van der Waals surface area (Å²) in [6, 6.07) is 14.1. The van der Waals surface area contributed by atoms with Crippen molar-refractivity contribution < 1.29 is 9.59 Å². The summed E-state index contributed by atoms with van der Waals surface area (Å²) in [5.74, 6) is 0.972. The van der Waals surface area contributed by atoms with Crippen LogP contribution in [0.5, 0.6) is 0 Å². The van der Waals surface area contributed by atoms with Gasteiger partial charge >= 0.3 is 0 Å². The highest BCUT2D eigenvalue weighted by molar-refractivity contribution is 6.44. The molecule has 0 saturated heterocycles. The molecule has 0 aliphatic rings. The summed E-state index contributed by atoms with van der Waals surface area (Å²) in [4.78, 5) is 24.6. The highest BCUT2D eigenvalue weighted by Crippen LogP contribution is 2.21. The van der Waals surface area contributed by atoms with Crippen LogP contribution in [-0.2, 0) is 9.59 Å². The predicted molar refractivity (Wildman–Crippen MR) is 106 cm³/mol. The number of amides is 1. The quantitative estimate of drug-likeness (QED) is 0.366. The molecular weight excluding hydrogens is 324 g/mol. The maximum Gasteiger partial charge on any atom is 0.293 e. The SMILES string of the molecule is C#CCNC(=O)C(=O)C(/C(C)=C/c1ccc2ccccc2c1)=C(\C)NC. The van der Waals surface area contributed by atoms with Crippen molar-refractivity contribution in [3.63, 3.8) is 0 Å². The average molecular weight is 346 g/mol. The molecule has 0 atom stereocenters. The third kappa shape index (κ3) is 4.40. The molecule has 4 heteroatoms. The number of ketones is 1. The Labute approximate surface area is 154 Å². The molecule has 0 unspecified atom stereocenters. The number of fused-ring (bicyclic) bond motifs is 1. The number of Topliss-reactive ketones (excluding diaryl/α,β-unsaturated/α-hetero) is 1. The minimum atomic E-state index is -0.709. The van der Waals surface area contributed by atoms with E-state index in [0.29, 0.717) is 16.8 Å². The fourth-order valence-electron chi connectivity index (χ4n) is 2.71. The Kier molecular flexibility index (Phi) is 6.35. The lowest BCUT2D eigenvalue weighted by molar-refractivity contribution is -0.135. The summed E-state index contributed by atoms with van der Waals surface area (Å²) < 4.78 is 0. The summed E-state index contributed by atoms with van der Waals surface area (Å²) in [7, 11) is 1.71. The number of nitrogens with one attached hydrogen (secondary N) is 2. The van der Waals surface area contributed by atoms with Gasteiger partial charge in [-0.2, -0.15) is 0 Å². The van der Waals surface area contributed by atoms with E-state index < -0.39 is 11.7 Å². The number of carbonyl (C=O) groups is 2. The van der Waals surface area contributed by atoms with Gasteiger partial charge in [0.2, 0.25) is 0 Å². The lowest BCUT2D eigenvalue weighted by Crippen LogP contribution is -2.33. The zero-order valence-electron chi connectivity index (χ0n) is 15.2. The van der Waals surface area contributed by atoms with E-state index in [2.05, 4.69) is 16.6 Å². The zero-order chi connectivity index (χ0) is 19.1. The number of hydrogen-bond donors (Lipinski definition) is 2. The minimum Gasteiger partial charge on any atom is -0.391 e. The number of hydrogen-bond acceptors (Lipinski definition) is 3. The van der Waals surface area contributed by atoms with E-state index in [1.165, 1.54) is 0 Å². The highest BCUT2D eigenvalue weighted by Gasteiger charge is 2.22. The van der Waals surface area contributed by atoms with Gasteiger partial charge in [0.1, 0.15) is 0 Å². The molecule has 0 bridgehead atoms. The van der Waals surface area contributed by atoms with Gasteiger partial charge in [0.25, 0.3) is 11.7 Å². The molecule has 0 radical (unpaired) electrons. The number of benzene rings is 2. The van der Waals surface area contributed by atoms with E-state index in [-0.39, 0.29) is 6.54 Å². The minimum absolute atomic E-state index is 0.0177. The van der Waals surface area contributed by atoms with Gasteiger partial charge in [-0.25, -0.2) is 0 Å². The van der Waals surface area contributed by atoms with Gasteiger partial charge in [-0.05, 0) is 41.8 Å². The molecule has 0 spiro atoms. The van der Waals surface area contributed by atoms with Gasteiger partial charge in [-0.15, -0.1) is 6.42 Å². The third-order valence-electron chi connectivity index (χ3n) is 4.09. The molecule has 0 aromatic heterocycles. The Hall–Kier alpha value is -3.32. The molecule has 0 saturated carbocycles. The van der Waals surface area contributed by atoms with E-state index in [1.54, 1.807) is 14.0 Å². The topological polar surface area (TPSA) is 58.2 Å². The van der Waals surface area contributed by atoms with Crippen LogP contribution in [0.1, 0.15) is 19.4 Å². The Morgan fingerprint density at radius 2 is 1.81 bits per heavy atom. The maximum absolute atomic E-state index is 12.6. The molecule has 2 rings (SSSR count). The van der Waals surface area contributed by atoms with Gasteiger partial charge in [0.15, 0.2) is 0 Å². The monoisotopic (exact) mass is 346 g/mol. The Morgan fingerprint density at radius 3 is 2.46 bits per heavy atom. The van der Waals surface area contributed by atoms with Crippen LogP contribution in [0.4, 0.5) is 0 Å². The second kappa shape index (κ2) is 8.68. The molecule has 2 N–H and O–H groups in total. The van der Waals surface area contributed by atoms with Gasteiger partial charge in [0.05, 0.1) is 6.54 Å². The number of rotatable bonds is 6. The molecule has 132 valence electrons. The zero-order valence-corrected chi connectivity index (χ0v) is 15.2. The number of carbonyl (C=O) groups excluding carboxylic acids is 2. The Bertz CT molecular complexity index is 946. The summed E-state index contributed by atoms with van der Waals surface area (Å²) >= 11 is 0. The lowest BCUT2D eigenvalue weighted by atomic mass is 9.97.